The second-order valence-corrected chi connectivity index (χ2v) is 5.63. The Balaban J connectivity index is 2.69. The zero-order valence-corrected chi connectivity index (χ0v) is 13.0. The molecule has 2 amide bonds. The van der Waals surface area contributed by atoms with Gasteiger partial charge < -0.3 is 15.7 Å². The lowest BCUT2D eigenvalue weighted by molar-refractivity contribution is 0.167. The standard InChI is InChI=1S/C13H20BrN3O2/c1-4-7-13(3,8-18)17-12(19)16-10-5-6-11(14)15-9(10)2/h5-6,18H,4,7-8H2,1-3H3,(H2,16,17,19). The molecule has 0 radical (unpaired) electrons. The lowest BCUT2D eigenvalue weighted by atomic mass is 9.98. The molecule has 0 bridgehead atoms. The summed E-state index contributed by atoms with van der Waals surface area (Å²) in [6.07, 6.45) is 1.60. The number of nitrogens with zero attached hydrogens (tertiary/aromatic N) is 1. The fourth-order valence-corrected chi connectivity index (χ4v) is 2.22. The molecule has 6 heteroatoms. The molecule has 0 spiro atoms. The summed E-state index contributed by atoms with van der Waals surface area (Å²) in [6.45, 7) is 5.56. The number of hydrogen-bond acceptors (Lipinski definition) is 3. The highest BCUT2D eigenvalue weighted by molar-refractivity contribution is 9.10. The Labute approximate surface area is 121 Å². The molecule has 1 rings (SSSR count). The Morgan fingerprint density at radius 1 is 1.53 bits per heavy atom. The van der Waals surface area contributed by atoms with Crippen LogP contribution in [0.25, 0.3) is 0 Å². The fourth-order valence-electron chi connectivity index (χ4n) is 1.82. The average molecular weight is 330 g/mol. The largest absolute Gasteiger partial charge is 0.394 e. The van der Waals surface area contributed by atoms with Gasteiger partial charge in [0.15, 0.2) is 0 Å². The molecule has 3 N–H and O–H groups in total. The van der Waals surface area contributed by atoms with Crippen molar-refractivity contribution in [3.8, 4) is 0 Å². The highest BCUT2D eigenvalue weighted by Gasteiger charge is 2.24. The number of anilines is 1. The van der Waals surface area contributed by atoms with Crippen LogP contribution in [0.3, 0.4) is 0 Å². The van der Waals surface area contributed by atoms with E-state index in [-0.39, 0.29) is 12.6 Å². The summed E-state index contributed by atoms with van der Waals surface area (Å²) in [5, 5.41) is 14.9. The monoisotopic (exact) mass is 329 g/mol. The number of aryl methyl sites for hydroxylation is 1. The summed E-state index contributed by atoms with van der Waals surface area (Å²) >= 11 is 3.27. The van der Waals surface area contributed by atoms with Crippen LogP contribution in [0.2, 0.25) is 0 Å². The van der Waals surface area contributed by atoms with Gasteiger partial charge in [-0.2, -0.15) is 0 Å². The maximum Gasteiger partial charge on any atom is 0.319 e. The van der Waals surface area contributed by atoms with E-state index < -0.39 is 5.54 Å². The predicted octanol–water partition coefficient (Wildman–Crippen LogP) is 2.83. The van der Waals surface area contributed by atoms with Gasteiger partial charge in [0.1, 0.15) is 4.60 Å². The summed E-state index contributed by atoms with van der Waals surface area (Å²) in [6, 6.07) is 3.21. The molecule has 1 aromatic rings. The lowest BCUT2D eigenvalue weighted by Crippen LogP contribution is -2.50. The first kappa shape index (κ1) is 15.9. The summed E-state index contributed by atoms with van der Waals surface area (Å²) in [5.74, 6) is 0. The van der Waals surface area contributed by atoms with Crippen molar-refractivity contribution in [2.45, 2.75) is 39.2 Å². The Hall–Kier alpha value is -1.14. The summed E-state index contributed by atoms with van der Waals surface area (Å²) < 4.78 is 0.724. The molecular formula is C13H20BrN3O2. The van der Waals surface area contributed by atoms with E-state index >= 15 is 0 Å². The molecule has 106 valence electrons. The Morgan fingerprint density at radius 2 is 2.21 bits per heavy atom. The highest BCUT2D eigenvalue weighted by atomic mass is 79.9. The minimum atomic E-state index is -0.602. The second-order valence-electron chi connectivity index (χ2n) is 4.81. The van der Waals surface area contributed by atoms with Gasteiger partial charge in [0, 0.05) is 0 Å². The van der Waals surface area contributed by atoms with E-state index in [1.165, 1.54) is 0 Å². The lowest BCUT2D eigenvalue weighted by Gasteiger charge is -2.28. The highest BCUT2D eigenvalue weighted by Crippen LogP contribution is 2.17. The smallest absolute Gasteiger partial charge is 0.319 e. The van der Waals surface area contributed by atoms with E-state index in [9.17, 15) is 9.90 Å². The van der Waals surface area contributed by atoms with Gasteiger partial charge >= 0.3 is 6.03 Å². The van der Waals surface area contributed by atoms with Gasteiger partial charge in [0.25, 0.3) is 0 Å². The molecule has 0 saturated heterocycles. The number of aliphatic hydroxyl groups excluding tert-OH is 1. The molecule has 1 unspecified atom stereocenters. The molecule has 5 nitrogen and oxygen atoms in total. The van der Waals surface area contributed by atoms with Crippen LogP contribution in [0.15, 0.2) is 16.7 Å². The Kier molecular flexibility index (Phi) is 5.75. The van der Waals surface area contributed by atoms with Crippen LogP contribution < -0.4 is 10.6 Å². The third-order valence-corrected chi connectivity index (χ3v) is 3.31. The van der Waals surface area contributed by atoms with Crippen molar-refractivity contribution in [3.63, 3.8) is 0 Å². The van der Waals surface area contributed by atoms with E-state index in [0.29, 0.717) is 12.1 Å². The number of hydrogen-bond donors (Lipinski definition) is 3. The number of amides is 2. The number of urea groups is 1. The van der Waals surface area contributed by atoms with Crippen LogP contribution in [-0.2, 0) is 0 Å². The van der Waals surface area contributed by atoms with Gasteiger partial charge in [0.2, 0.25) is 0 Å². The van der Waals surface area contributed by atoms with E-state index in [4.69, 9.17) is 0 Å². The van der Waals surface area contributed by atoms with Gasteiger partial charge in [0.05, 0.1) is 23.5 Å². The third kappa shape index (κ3) is 4.80. The van der Waals surface area contributed by atoms with Gasteiger partial charge in [-0.3, -0.25) is 0 Å². The fraction of sp³-hybridized carbons (Fsp3) is 0.538. The summed E-state index contributed by atoms with van der Waals surface area (Å²) in [5.41, 5.74) is 0.776. The van der Waals surface area contributed by atoms with Crippen molar-refractivity contribution >= 4 is 27.6 Å². The minimum absolute atomic E-state index is 0.0914. The van der Waals surface area contributed by atoms with E-state index in [1.54, 1.807) is 12.1 Å². The first-order chi connectivity index (χ1) is 8.90. The van der Waals surface area contributed by atoms with Crippen LogP contribution in [0, 0.1) is 6.92 Å². The number of rotatable bonds is 5. The van der Waals surface area contributed by atoms with E-state index in [0.717, 1.165) is 16.7 Å². The van der Waals surface area contributed by atoms with Crippen molar-refractivity contribution in [1.82, 2.24) is 10.3 Å². The third-order valence-electron chi connectivity index (χ3n) is 2.87. The number of aliphatic hydroxyl groups is 1. The van der Waals surface area contributed by atoms with Crippen LogP contribution >= 0.6 is 15.9 Å². The number of pyridine rings is 1. The van der Waals surface area contributed by atoms with Gasteiger partial charge in [-0.05, 0) is 48.3 Å². The normalized spacial score (nSPS) is 13.7. The summed E-state index contributed by atoms with van der Waals surface area (Å²) in [7, 11) is 0. The Morgan fingerprint density at radius 3 is 2.74 bits per heavy atom. The number of nitrogens with one attached hydrogen (secondary N) is 2. The Bertz CT molecular complexity index is 454. The van der Waals surface area contributed by atoms with Crippen molar-refractivity contribution in [1.29, 1.82) is 0 Å². The van der Waals surface area contributed by atoms with E-state index in [1.807, 2.05) is 20.8 Å². The van der Waals surface area contributed by atoms with Crippen LogP contribution in [0.1, 0.15) is 32.4 Å². The zero-order valence-electron chi connectivity index (χ0n) is 11.5. The molecule has 1 aromatic heterocycles. The van der Waals surface area contributed by atoms with Crippen LogP contribution in [0.4, 0.5) is 10.5 Å². The molecule has 0 aliphatic heterocycles. The molecule has 0 aliphatic rings. The molecule has 0 saturated carbocycles. The molecule has 0 fully saturated rings. The van der Waals surface area contributed by atoms with Gasteiger partial charge in [-0.1, -0.05) is 13.3 Å². The number of halogens is 1. The second kappa shape index (κ2) is 6.86. The topological polar surface area (TPSA) is 74.2 Å². The van der Waals surface area contributed by atoms with Crippen LogP contribution in [0.5, 0.6) is 0 Å². The van der Waals surface area contributed by atoms with E-state index in [2.05, 4.69) is 31.5 Å². The van der Waals surface area contributed by atoms with Gasteiger partial charge in [-0.15, -0.1) is 0 Å². The van der Waals surface area contributed by atoms with Gasteiger partial charge in [-0.25, -0.2) is 9.78 Å². The quantitative estimate of drug-likeness (QED) is 0.727. The zero-order chi connectivity index (χ0) is 14.5. The maximum absolute atomic E-state index is 11.9. The average Bonchev–Trinajstić information content (AvgIpc) is 2.33. The van der Waals surface area contributed by atoms with Crippen molar-refractivity contribution in [3.05, 3.63) is 22.4 Å². The predicted molar refractivity (Wildman–Crippen MR) is 79.2 cm³/mol. The van der Waals surface area contributed by atoms with Crippen molar-refractivity contribution < 1.29 is 9.90 Å². The number of carbonyl (C=O) groups excluding carboxylic acids is 1. The van der Waals surface area contributed by atoms with Crippen molar-refractivity contribution in [2.24, 2.45) is 0 Å². The molecule has 19 heavy (non-hydrogen) atoms. The summed E-state index contributed by atoms with van der Waals surface area (Å²) in [4.78, 5) is 16.1. The molecule has 0 aromatic carbocycles. The number of aromatic nitrogens is 1. The number of carbonyl (C=O) groups is 1. The molecule has 1 heterocycles. The first-order valence-electron chi connectivity index (χ1n) is 6.23. The maximum atomic E-state index is 11.9. The molecule has 1 atom stereocenters. The SMILES string of the molecule is CCCC(C)(CO)NC(=O)Nc1ccc(Br)nc1C. The first-order valence-corrected chi connectivity index (χ1v) is 7.02. The molecule has 0 aliphatic carbocycles. The van der Waals surface area contributed by atoms with Crippen molar-refractivity contribution in [2.75, 3.05) is 11.9 Å². The molecular weight excluding hydrogens is 310 g/mol. The minimum Gasteiger partial charge on any atom is -0.394 e. The van der Waals surface area contributed by atoms with Crippen LogP contribution in [-0.4, -0.2) is 28.3 Å².